The molecule has 0 aliphatic carbocycles. The maximum absolute atomic E-state index is 9.23. The fourth-order valence-corrected chi connectivity index (χ4v) is 3.83. The van der Waals surface area contributed by atoms with Gasteiger partial charge in [0.15, 0.2) is 0 Å². The van der Waals surface area contributed by atoms with Crippen molar-refractivity contribution in [1.29, 1.82) is 0 Å². The molecule has 0 saturated carbocycles. The van der Waals surface area contributed by atoms with Crippen LogP contribution in [0.25, 0.3) is 0 Å². The molecule has 2 aromatic rings. The maximum atomic E-state index is 9.23. The number of benzene rings is 2. The van der Waals surface area contributed by atoms with Crippen LogP contribution in [-0.2, 0) is 0 Å². The molecule has 0 amide bonds. The molecule has 2 N–H and O–H groups in total. The number of hydrogen-bond donors (Lipinski definition) is 2. The van der Waals surface area contributed by atoms with E-state index in [-0.39, 0.29) is 6.61 Å². The predicted octanol–water partition coefficient (Wildman–Crippen LogP) is 3.93. The van der Waals surface area contributed by atoms with E-state index in [9.17, 15) is 5.11 Å². The topological polar surface area (TPSA) is 35.5 Å². The summed E-state index contributed by atoms with van der Waals surface area (Å²) < 4.78 is 0. The lowest BCUT2D eigenvalue weighted by Gasteiger charge is -2.27. The smallest absolute Gasteiger partial charge is 0.0431 e. The zero-order valence-corrected chi connectivity index (χ0v) is 15.1. The van der Waals surface area contributed by atoms with Gasteiger partial charge in [-0.3, -0.25) is 4.90 Å². The third-order valence-corrected chi connectivity index (χ3v) is 5.34. The highest BCUT2D eigenvalue weighted by molar-refractivity contribution is 5.20. The van der Waals surface area contributed by atoms with Gasteiger partial charge in [0.1, 0.15) is 0 Å². The summed E-state index contributed by atoms with van der Waals surface area (Å²) in [4.78, 5) is 2.57. The monoisotopic (exact) mass is 338 g/mol. The zero-order chi connectivity index (χ0) is 17.5. The number of nitrogens with one attached hydrogen (secondary N) is 1. The first-order chi connectivity index (χ1) is 12.3. The Balaban J connectivity index is 1.60. The number of likely N-dealkylation sites (tertiary alicyclic amines) is 1. The number of nitrogens with zero attached hydrogens (tertiary/aromatic N) is 1. The van der Waals surface area contributed by atoms with E-state index in [1.807, 2.05) is 0 Å². The van der Waals surface area contributed by atoms with E-state index in [0.717, 1.165) is 25.9 Å². The Bertz CT molecular complexity index is 616. The van der Waals surface area contributed by atoms with Gasteiger partial charge in [0.2, 0.25) is 0 Å². The Kier molecular flexibility index (Phi) is 6.62. The van der Waals surface area contributed by atoms with Gasteiger partial charge < -0.3 is 10.4 Å². The van der Waals surface area contributed by atoms with Gasteiger partial charge in [-0.15, -0.1) is 0 Å². The Morgan fingerprint density at radius 3 is 2.32 bits per heavy atom. The van der Waals surface area contributed by atoms with E-state index in [0.29, 0.717) is 18.1 Å². The van der Waals surface area contributed by atoms with E-state index < -0.39 is 0 Å². The standard InChI is InChI=1S/C22H30N2O/c1-18(19-9-4-2-5-10-19)24-15-14-21(17-24)23-22(13-8-16-25)20-11-6-3-7-12-20/h2-7,9-12,18,21-23,25H,8,13-17H2,1H3. The quantitative estimate of drug-likeness (QED) is 0.766. The molecule has 1 aliphatic heterocycles. The Labute approximate surface area is 151 Å². The minimum atomic E-state index is 0.257. The molecule has 1 aliphatic rings. The molecular formula is C22H30N2O. The fraction of sp³-hybridized carbons (Fsp3) is 0.455. The van der Waals surface area contributed by atoms with Gasteiger partial charge in [0, 0.05) is 37.8 Å². The van der Waals surface area contributed by atoms with Crippen LogP contribution in [-0.4, -0.2) is 35.7 Å². The van der Waals surface area contributed by atoms with Crippen molar-refractivity contribution in [2.45, 2.75) is 44.3 Å². The molecule has 3 rings (SSSR count). The van der Waals surface area contributed by atoms with Gasteiger partial charge in [0.25, 0.3) is 0 Å². The first kappa shape index (κ1) is 18.1. The van der Waals surface area contributed by atoms with Gasteiger partial charge in [-0.25, -0.2) is 0 Å². The second-order valence-electron chi connectivity index (χ2n) is 7.06. The van der Waals surface area contributed by atoms with Crippen LogP contribution >= 0.6 is 0 Å². The lowest BCUT2D eigenvalue weighted by Crippen LogP contribution is -2.36. The maximum Gasteiger partial charge on any atom is 0.0431 e. The fourth-order valence-electron chi connectivity index (χ4n) is 3.83. The van der Waals surface area contributed by atoms with E-state index in [1.54, 1.807) is 0 Å². The Morgan fingerprint density at radius 1 is 1.04 bits per heavy atom. The summed E-state index contributed by atoms with van der Waals surface area (Å²) in [6.45, 7) is 4.78. The van der Waals surface area contributed by atoms with Crippen LogP contribution in [0.15, 0.2) is 60.7 Å². The molecule has 0 radical (unpaired) electrons. The lowest BCUT2D eigenvalue weighted by molar-refractivity contribution is 0.248. The molecule has 0 aromatic heterocycles. The average molecular weight is 338 g/mol. The third kappa shape index (κ3) is 4.91. The van der Waals surface area contributed by atoms with E-state index in [4.69, 9.17) is 0 Å². The molecule has 3 heteroatoms. The highest BCUT2D eigenvalue weighted by atomic mass is 16.2. The molecular weight excluding hydrogens is 308 g/mol. The first-order valence-corrected chi connectivity index (χ1v) is 9.49. The third-order valence-electron chi connectivity index (χ3n) is 5.34. The highest BCUT2D eigenvalue weighted by Gasteiger charge is 2.28. The van der Waals surface area contributed by atoms with Gasteiger partial charge >= 0.3 is 0 Å². The molecule has 134 valence electrons. The highest BCUT2D eigenvalue weighted by Crippen LogP contribution is 2.27. The minimum Gasteiger partial charge on any atom is -0.396 e. The van der Waals surface area contributed by atoms with Gasteiger partial charge in [-0.1, -0.05) is 60.7 Å². The number of rotatable bonds is 8. The van der Waals surface area contributed by atoms with E-state index >= 15 is 0 Å². The molecule has 1 heterocycles. The minimum absolute atomic E-state index is 0.257. The van der Waals surface area contributed by atoms with E-state index in [2.05, 4.69) is 77.8 Å². The van der Waals surface area contributed by atoms with Crippen LogP contribution in [0.2, 0.25) is 0 Å². The Hall–Kier alpha value is -1.68. The van der Waals surface area contributed by atoms with Crippen molar-refractivity contribution in [2.24, 2.45) is 0 Å². The van der Waals surface area contributed by atoms with Gasteiger partial charge in [-0.05, 0) is 37.3 Å². The van der Waals surface area contributed by atoms with Crippen LogP contribution in [0.1, 0.15) is 49.4 Å². The summed E-state index contributed by atoms with van der Waals surface area (Å²) >= 11 is 0. The number of aliphatic hydroxyl groups is 1. The second-order valence-corrected chi connectivity index (χ2v) is 7.06. The van der Waals surface area contributed by atoms with Crippen LogP contribution in [0.3, 0.4) is 0 Å². The summed E-state index contributed by atoms with van der Waals surface area (Å²) in [7, 11) is 0. The molecule has 3 nitrogen and oxygen atoms in total. The van der Waals surface area contributed by atoms with E-state index in [1.165, 1.54) is 17.5 Å². The molecule has 0 spiro atoms. The predicted molar refractivity (Wildman–Crippen MR) is 103 cm³/mol. The summed E-state index contributed by atoms with van der Waals surface area (Å²) in [5, 5.41) is 13.1. The van der Waals surface area contributed by atoms with Crippen LogP contribution in [0, 0.1) is 0 Å². The SMILES string of the molecule is CC(c1ccccc1)N1CCC(NC(CCCO)c2ccccc2)C1. The molecule has 25 heavy (non-hydrogen) atoms. The molecule has 1 fully saturated rings. The first-order valence-electron chi connectivity index (χ1n) is 9.49. The van der Waals surface area contributed by atoms with Gasteiger partial charge in [0.05, 0.1) is 0 Å². The summed E-state index contributed by atoms with van der Waals surface area (Å²) in [5.41, 5.74) is 2.72. The van der Waals surface area contributed by atoms with Crippen LogP contribution in [0.5, 0.6) is 0 Å². The van der Waals surface area contributed by atoms with Crippen molar-refractivity contribution in [1.82, 2.24) is 10.2 Å². The van der Waals surface area contributed by atoms with Crippen molar-refractivity contribution >= 4 is 0 Å². The number of aliphatic hydroxyl groups excluding tert-OH is 1. The summed E-state index contributed by atoms with van der Waals surface area (Å²) in [5.74, 6) is 0. The Morgan fingerprint density at radius 2 is 1.68 bits per heavy atom. The summed E-state index contributed by atoms with van der Waals surface area (Å²) in [6, 6.07) is 22.7. The largest absolute Gasteiger partial charge is 0.396 e. The van der Waals surface area contributed by atoms with Crippen molar-refractivity contribution in [3.05, 3.63) is 71.8 Å². The van der Waals surface area contributed by atoms with Crippen molar-refractivity contribution in [2.75, 3.05) is 19.7 Å². The normalized spacial score (nSPS) is 20.5. The summed E-state index contributed by atoms with van der Waals surface area (Å²) in [6.07, 6.45) is 2.99. The van der Waals surface area contributed by atoms with Crippen molar-refractivity contribution in [3.63, 3.8) is 0 Å². The van der Waals surface area contributed by atoms with Gasteiger partial charge in [-0.2, -0.15) is 0 Å². The number of hydrogen-bond acceptors (Lipinski definition) is 3. The molecule has 2 aromatic carbocycles. The van der Waals surface area contributed by atoms with Crippen molar-refractivity contribution in [3.8, 4) is 0 Å². The molecule has 3 atom stereocenters. The van der Waals surface area contributed by atoms with Crippen LogP contribution in [0.4, 0.5) is 0 Å². The zero-order valence-electron chi connectivity index (χ0n) is 15.1. The molecule has 0 bridgehead atoms. The molecule has 3 unspecified atom stereocenters. The van der Waals surface area contributed by atoms with Crippen molar-refractivity contribution < 1.29 is 5.11 Å². The lowest BCUT2D eigenvalue weighted by atomic mass is 10.0. The average Bonchev–Trinajstić information content (AvgIpc) is 3.14. The van der Waals surface area contributed by atoms with Crippen LogP contribution < -0.4 is 5.32 Å². The molecule has 1 saturated heterocycles. The second kappa shape index (κ2) is 9.14.